The molecule has 3 heteroatoms. The van der Waals surface area contributed by atoms with Gasteiger partial charge in [0.1, 0.15) is 11.5 Å². The molecule has 0 radical (unpaired) electrons. The Kier molecular flexibility index (Phi) is 8.20. The molecule has 3 nitrogen and oxygen atoms in total. The maximum Gasteiger partial charge on any atom is 0.335 e. The molecule has 0 aliphatic heterocycles. The van der Waals surface area contributed by atoms with Gasteiger partial charge in [0.25, 0.3) is 0 Å². The van der Waals surface area contributed by atoms with Crippen molar-refractivity contribution in [1.29, 1.82) is 0 Å². The summed E-state index contributed by atoms with van der Waals surface area (Å²) < 4.78 is 10.7. The fourth-order valence-electron chi connectivity index (χ4n) is 1.86. The van der Waals surface area contributed by atoms with Gasteiger partial charge >= 0.3 is 5.97 Å². The van der Waals surface area contributed by atoms with Gasteiger partial charge in [-0.25, -0.2) is 4.79 Å². The van der Waals surface area contributed by atoms with E-state index in [9.17, 15) is 4.79 Å². The molecule has 0 aliphatic carbocycles. The lowest BCUT2D eigenvalue weighted by molar-refractivity contribution is -0.128. The number of carbonyl (C=O) groups excluding carboxylic acids is 1. The molecule has 1 aromatic carbocycles. The summed E-state index contributed by atoms with van der Waals surface area (Å²) in [4.78, 5) is 11.1. The van der Waals surface area contributed by atoms with Gasteiger partial charge in [-0.1, -0.05) is 51.7 Å². The fraction of sp³-hybridized carbons (Fsp3) is 0.471. The molecule has 0 N–H and O–H groups in total. The molecule has 1 rings (SSSR count). The Balaban J connectivity index is 2.24. The van der Waals surface area contributed by atoms with Crippen molar-refractivity contribution in [1.82, 2.24) is 0 Å². The van der Waals surface area contributed by atoms with E-state index in [1.54, 1.807) is 12.1 Å². The molecule has 110 valence electrons. The van der Waals surface area contributed by atoms with E-state index in [1.807, 2.05) is 12.1 Å². The first-order valence-corrected chi connectivity index (χ1v) is 7.33. The molecule has 0 bridgehead atoms. The van der Waals surface area contributed by atoms with Gasteiger partial charge in [-0.2, -0.15) is 0 Å². The number of carbonyl (C=O) groups is 1. The van der Waals surface area contributed by atoms with Gasteiger partial charge in [0.15, 0.2) is 0 Å². The Morgan fingerprint density at radius 1 is 1.15 bits per heavy atom. The van der Waals surface area contributed by atoms with Crippen molar-refractivity contribution >= 4 is 5.97 Å². The van der Waals surface area contributed by atoms with Crippen LogP contribution in [0.3, 0.4) is 0 Å². The summed E-state index contributed by atoms with van der Waals surface area (Å²) in [7, 11) is 0. The smallest absolute Gasteiger partial charge is 0.335 e. The van der Waals surface area contributed by atoms with Crippen LogP contribution in [0.1, 0.15) is 45.4 Å². The highest BCUT2D eigenvalue weighted by molar-refractivity contribution is 5.83. The van der Waals surface area contributed by atoms with Crippen molar-refractivity contribution in [3.05, 3.63) is 36.9 Å². The molecule has 20 heavy (non-hydrogen) atoms. The van der Waals surface area contributed by atoms with Crippen molar-refractivity contribution in [3.8, 4) is 11.5 Å². The third kappa shape index (κ3) is 6.98. The van der Waals surface area contributed by atoms with Crippen LogP contribution < -0.4 is 9.47 Å². The Bertz CT molecular complexity index is 412. The van der Waals surface area contributed by atoms with Crippen LogP contribution in [0.2, 0.25) is 0 Å². The molecule has 0 atom stereocenters. The SMILES string of the molecule is C=CC(=O)Oc1cccc(OCCCCCCCC)c1. The summed E-state index contributed by atoms with van der Waals surface area (Å²) >= 11 is 0. The number of benzene rings is 1. The van der Waals surface area contributed by atoms with E-state index < -0.39 is 5.97 Å². The Labute approximate surface area is 121 Å². The van der Waals surface area contributed by atoms with Crippen molar-refractivity contribution in [2.45, 2.75) is 45.4 Å². The Morgan fingerprint density at radius 2 is 1.85 bits per heavy atom. The summed E-state index contributed by atoms with van der Waals surface area (Å²) in [5, 5.41) is 0. The molecule has 0 unspecified atom stereocenters. The molecule has 0 aliphatic rings. The van der Waals surface area contributed by atoms with Gasteiger partial charge in [0, 0.05) is 12.1 Å². The van der Waals surface area contributed by atoms with Crippen molar-refractivity contribution in [3.63, 3.8) is 0 Å². The van der Waals surface area contributed by atoms with E-state index in [0.29, 0.717) is 12.4 Å². The zero-order valence-electron chi connectivity index (χ0n) is 12.3. The van der Waals surface area contributed by atoms with Crippen LogP contribution in [0.4, 0.5) is 0 Å². The molecule has 0 saturated heterocycles. The number of unbranched alkanes of at least 4 members (excludes halogenated alkanes) is 5. The molecule has 0 aromatic heterocycles. The first-order valence-electron chi connectivity index (χ1n) is 7.33. The first kappa shape index (κ1) is 16.3. The second-order valence-corrected chi connectivity index (χ2v) is 4.72. The van der Waals surface area contributed by atoms with Gasteiger partial charge in [-0.05, 0) is 18.6 Å². The van der Waals surface area contributed by atoms with Crippen LogP contribution in [0, 0.1) is 0 Å². The minimum atomic E-state index is -0.460. The maximum atomic E-state index is 11.1. The van der Waals surface area contributed by atoms with Gasteiger partial charge in [-0.15, -0.1) is 0 Å². The van der Waals surface area contributed by atoms with E-state index in [1.165, 1.54) is 32.1 Å². The zero-order chi connectivity index (χ0) is 14.6. The second-order valence-electron chi connectivity index (χ2n) is 4.72. The summed E-state index contributed by atoms with van der Waals surface area (Å²) in [5.41, 5.74) is 0. The lowest BCUT2D eigenvalue weighted by atomic mass is 10.1. The van der Waals surface area contributed by atoms with Crippen LogP contribution in [-0.2, 0) is 4.79 Å². The molecule has 0 saturated carbocycles. The standard InChI is InChI=1S/C17H24O3/c1-3-5-6-7-8-9-13-19-15-11-10-12-16(14-15)20-17(18)4-2/h4,10-12,14H,2-3,5-9,13H2,1H3. The normalized spacial score (nSPS) is 10.1. The highest BCUT2D eigenvalue weighted by Gasteiger charge is 2.01. The Hall–Kier alpha value is -1.77. The fourth-order valence-corrected chi connectivity index (χ4v) is 1.86. The van der Waals surface area contributed by atoms with Gasteiger partial charge in [0.2, 0.25) is 0 Å². The predicted octanol–water partition coefficient (Wildman–Crippen LogP) is 4.52. The van der Waals surface area contributed by atoms with E-state index in [2.05, 4.69) is 13.5 Å². The van der Waals surface area contributed by atoms with Gasteiger partial charge in [-0.3, -0.25) is 0 Å². The topological polar surface area (TPSA) is 35.5 Å². The highest BCUT2D eigenvalue weighted by Crippen LogP contribution is 2.20. The lowest BCUT2D eigenvalue weighted by Crippen LogP contribution is -2.03. The second kappa shape index (κ2) is 10.1. The molecule has 0 spiro atoms. The molecular formula is C17H24O3. The van der Waals surface area contributed by atoms with Crippen molar-refractivity contribution in [2.24, 2.45) is 0 Å². The lowest BCUT2D eigenvalue weighted by Gasteiger charge is -2.08. The van der Waals surface area contributed by atoms with Gasteiger partial charge in [0.05, 0.1) is 6.61 Å². The van der Waals surface area contributed by atoms with E-state index in [-0.39, 0.29) is 0 Å². The van der Waals surface area contributed by atoms with Crippen LogP contribution in [0.5, 0.6) is 11.5 Å². The maximum absolute atomic E-state index is 11.1. The van der Waals surface area contributed by atoms with Crippen LogP contribution in [0.25, 0.3) is 0 Å². The average Bonchev–Trinajstić information content (AvgIpc) is 2.46. The molecule has 0 heterocycles. The van der Waals surface area contributed by atoms with Crippen molar-refractivity contribution < 1.29 is 14.3 Å². The zero-order valence-corrected chi connectivity index (χ0v) is 12.3. The molecular weight excluding hydrogens is 252 g/mol. The summed E-state index contributed by atoms with van der Waals surface area (Å²) in [6.07, 6.45) is 8.57. The van der Waals surface area contributed by atoms with Crippen LogP contribution >= 0.6 is 0 Å². The molecule has 0 fully saturated rings. The largest absolute Gasteiger partial charge is 0.493 e. The third-order valence-electron chi connectivity index (χ3n) is 2.96. The van der Waals surface area contributed by atoms with Crippen LogP contribution in [0.15, 0.2) is 36.9 Å². The minimum Gasteiger partial charge on any atom is -0.493 e. The minimum absolute atomic E-state index is 0.460. The van der Waals surface area contributed by atoms with E-state index in [4.69, 9.17) is 9.47 Å². The predicted molar refractivity (Wildman–Crippen MR) is 81.1 cm³/mol. The number of ether oxygens (including phenoxy) is 2. The monoisotopic (exact) mass is 276 g/mol. The van der Waals surface area contributed by atoms with Crippen molar-refractivity contribution in [2.75, 3.05) is 6.61 Å². The number of hydrogen-bond acceptors (Lipinski definition) is 3. The summed E-state index contributed by atoms with van der Waals surface area (Å²) in [6, 6.07) is 7.11. The Morgan fingerprint density at radius 3 is 2.60 bits per heavy atom. The van der Waals surface area contributed by atoms with E-state index >= 15 is 0 Å². The summed E-state index contributed by atoms with van der Waals surface area (Å²) in [5.74, 6) is 0.751. The van der Waals surface area contributed by atoms with Gasteiger partial charge < -0.3 is 9.47 Å². The quantitative estimate of drug-likeness (QED) is 0.273. The first-order chi connectivity index (χ1) is 9.76. The number of rotatable bonds is 10. The number of esters is 1. The van der Waals surface area contributed by atoms with Crippen LogP contribution in [-0.4, -0.2) is 12.6 Å². The molecule has 1 aromatic rings. The van der Waals surface area contributed by atoms with E-state index in [0.717, 1.165) is 18.2 Å². The molecule has 0 amide bonds. The average molecular weight is 276 g/mol. The number of hydrogen-bond donors (Lipinski definition) is 0. The third-order valence-corrected chi connectivity index (χ3v) is 2.96. The highest BCUT2D eigenvalue weighted by atomic mass is 16.5. The summed E-state index contributed by atoms with van der Waals surface area (Å²) in [6.45, 7) is 6.28.